The smallest absolute Gasteiger partial charge is 0.323 e. The van der Waals surface area contributed by atoms with E-state index in [0.717, 1.165) is 12.8 Å². The van der Waals surface area contributed by atoms with E-state index in [1.807, 2.05) is 6.92 Å². The second kappa shape index (κ2) is 13.2. The number of aliphatic hydroxyl groups excluding tert-OH is 1. The predicted octanol–water partition coefficient (Wildman–Crippen LogP) is 0.844. The number of aliphatic hydroxyl groups is 2. The number of ether oxygens (including phenoxy) is 3. The van der Waals surface area contributed by atoms with Gasteiger partial charge in [-0.05, 0) is 31.9 Å². The van der Waals surface area contributed by atoms with E-state index in [2.05, 4.69) is 32.7 Å². The predicted molar refractivity (Wildman–Crippen MR) is 138 cm³/mol. The van der Waals surface area contributed by atoms with E-state index in [9.17, 15) is 19.6 Å². The average Bonchev–Trinajstić information content (AvgIpc) is 3.37. The maximum atomic E-state index is 12.6. The minimum absolute atomic E-state index is 0.0745. The van der Waals surface area contributed by atoms with Crippen LogP contribution in [-0.2, 0) is 23.4 Å². The van der Waals surface area contributed by atoms with Crippen molar-refractivity contribution in [1.29, 1.82) is 0 Å². The number of nitrogens with zero attached hydrogens (tertiary/aromatic N) is 4. The van der Waals surface area contributed by atoms with Crippen molar-refractivity contribution in [3.05, 3.63) is 6.33 Å². The molecule has 1 fully saturated rings. The maximum Gasteiger partial charge on any atom is 0.323 e. The number of anilines is 1. The Balaban J connectivity index is 1.67. The number of hydrogen-bond donors (Lipinski definition) is 5. The highest BCUT2D eigenvalue weighted by molar-refractivity contribution is 7.80. The van der Waals surface area contributed by atoms with Crippen LogP contribution in [0.25, 0.3) is 11.2 Å². The van der Waals surface area contributed by atoms with Crippen molar-refractivity contribution in [2.24, 2.45) is 0 Å². The number of aromatic nitrogens is 4. The molecular formula is C21H35N6O8PS. The topological polar surface area (TPSA) is 193 Å². The Morgan fingerprint density at radius 2 is 2.19 bits per heavy atom. The number of fused-ring (bicyclic) bond motifs is 1. The molecule has 3 rings (SSSR count). The van der Waals surface area contributed by atoms with Gasteiger partial charge in [-0.3, -0.25) is 13.9 Å². The summed E-state index contributed by atoms with van der Waals surface area (Å²) in [6.45, 7) is 3.32. The summed E-state index contributed by atoms with van der Waals surface area (Å²) in [4.78, 5) is 24.7. The second-order valence-electron chi connectivity index (χ2n) is 8.79. The molecule has 0 saturated carbocycles. The van der Waals surface area contributed by atoms with Gasteiger partial charge in [0.15, 0.2) is 17.4 Å². The molecule has 2 aromatic heterocycles. The van der Waals surface area contributed by atoms with Crippen LogP contribution in [0.1, 0.15) is 45.8 Å². The van der Waals surface area contributed by atoms with E-state index in [4.69, 9.17) is 24.5 Å². The SMILES string of the molecule is CCCCOC(=O)[C@@H](CCCS)N[PH](=O)OC[C@H]1O[C@@H](n2cnc3c(OC)nc(N)nc32)[C@](C)(O)[C@@H]1O. The molecule has 1 aliphatic rings. The van der Waals surface area contributed by atoms with E-state index in [1.165, 1.54) is 24.9 Å². The molecule has 6 atom stereocenters. The Hall–Kier alpha value is -2.00. The number of rotatable bonds is 14. The van der Waals surface area contributed by atoms with Gasteiger partial charge in [-0.25, -0.2) is 10.1 Å². The summed E-state index contributed by atoms with van der Waals surface area (Å²) in [5.41, 5.74) is 4.49. The first-order chi connectivity index (χ1) is 17.6. The zero-order valence-corrected chi connectivity index (χ0v) is 22.9. The quantitative estimate of drug-likeness (QED) is 0.0942. The molecule has 0 amide bonds. The number of thiol groups is 1. The van der Waals surface area contributed by atoms with Gasteiger partial charge in [-0.15, -0.1) is 0 Å². The number of nitrogen functional groups attached to an aromatic ring is 1. The molecule has 208 valence electrons. The summed E-state index contributed by atoms with van der Waals surface area (Å²) >= 11 is 4.16. The number of carbonyl (C=O) groups excluding carboxylic acids is 1. The van der Waals surface area contributed by atoms with Crippen LogP contribution in [0.4, 0.5) is 5.95 Å². The monoisotopic (exact) mass is 562 g/mol. The molecule has 37 heavy (non-hydrogen) atoms. The number of imidazole rings is 1. The Morgan fingerprint density at radius 1 is 1.43 bits per heavy atom. The minimum atomic E-state index is -2.93. The van der Waals surface area contributed by atoms with Crippen LogP contribution in [-0.4, -0.2) is 85.6 Å². The van der Waals surface area contributed by atoms with Crippen LogP contribution < -0.4 is 15.6 Å². The largest absolute Gasteiger partial charge is 0.479 e. The highest BCUT2D eigenvalue weighted by Gasteiger charge is 2.53. The van der Waals surface area contributed by atoms with Gasteiger partial charge in [0.1, 0.15) is 23.9 Å². The molecule has 5 N–H and O–H groups in total. The molecule has 1 aliphatic heterocycles. The summed E-state index contributed by atoms with van der Waals surface area (Å²) in [6.07, 6.45) is 0.335. The van der Waals surface area contributed by atoms with E-state index in [1.54, 1.807) is 0 Å². The van der Waals surface area contributed by atoms with Crippen molar-refractivity contribution in [3.8, 4) is 5.88 Å². The van der Waals surface area contributed by atoms with Crippen LogP contribution in [0, 0.1) is 0 Å². The summed E-state index contributed by atoms with van der Waals surface area (Å²) < 4.78 is 35.8. The minimum Gasteiger partial charge on any atom is -0.479 e. The summed E-state index contributed by atoms with van der Waals surface area (Å²) in [6, 6.07) is -0.821. The van der Waals surface area contributed by atoms with Gasteiger partial charge in [-0.1, -0.05) is 13.3 Å². The molecule has 2 aromatic rings. The number of hydrogen-bond acceptors (Lipinski definition) is 13. The lowest BCUT2D eigenvalue weighted by atomic mass is 9.96. The molecule has 16 heteroatoms. The van der Waals surface area contributed by atoms with Gasteiger partial charge in [0.2, 0.25) is 11.8 Å². The van der Waals surface area contributed by atoms with Crippen LogP contribution >= 0.6 is 20.8 Å². The van der Waals surface area contributed by atoms with Crippen LogP contribution in [0.15, 0.2) is 6.33 Å². The summed E-state index contributed by atoms with van der Waals surface area (Å²) in [5, 5.41) is 24.5. The van der Waals surface area contributed by atoms with Crippen molar-refractivity contribution in [1.82, 2.24) is 24.6 Å². The Labute approximate surface area is 220 Å². The maximum absolute atomic E-state index is 12.6. The first-order valence-electron chi connectivity index (χ1n) is 11.9. The number of nitrogens with two attached hydrogens (primary N) is 1. The number of esters is 1. The third kappa shape index (κ3) is 6.91. The fraction of sp³-hybridized carbons (Fsp3) is 0.714. The molecule has 0 radical (unpaired) electrons. The fourth-order valence-corrected chi connectivity index (χ4v) is 5.03. The molecule has 1 saturated heterocycles. The van der Waals surface area contributed by atoms with Gasteiger partial charge < -0.3 is 34.7 Å². The highest BCUT2D eigenvalue weighted by atomic mass is 32.1. The van der Waals surface area contributed by atoms with Gasteiger partial charge in [0.25, 0.3) is 8.18 Å². The lowest BCUT2D eigenvalue weighted by molar-refractivity contribution is -0.146. The molecular weight excluding hydrogens is 527 g/mol. The van der Waals surface area contributed by atoms with Crippen LogP contribution in [0.5, 0.6) is 5.88 Å². The van der Waals surface area contributed by atoms with Gasteiger partial charge in [-0.2, -0.15) is 22.6 Å². The summed E-state index contributed by atoms with van der Waals surface area (Å²) in [5.74, 6) is 0.104. The van der Waals surface area contributed by atoms with Crippen molar-refractivity contribution < 1.29 is 38.3 Å². The number of methoxy groups -OCH3 is 1. The Bertz CT molecular complexity index is 1090. The fourth-order valence-electron chi connectivity index (χ4n) is 3.90. The zero-order chi connectivity index (χ0) is 27.2. The van der Waals surface area contributed by atoms with E-state index in [0.29, 0.717) is 18.6 Å². The molecule has 0 bridgehead atoms. The molecule has 0 aliphatic carbocycles. The third-order valence-corrected chi connectivity index (χ3v) is 7.29. The standard InChI is InChI=1S/C21H35N6O8PS/c1-4-5-8-33-18(29)12(7-6-9-37)26-36(31)34-10-13-15(28)21(2,30)19(35-13)27-11-23-14-16(27)24-20(22)25-17(14)32-3/h11-13,15,19,28,30,36-37H,4-10H2,1-3H3,(H,26,31)(H2,22,24,25)/t12-,13-,15-,19-,21-/m1/s1. The number of nitrogens with one attached hydrogen (secondary N) is 1. The average molecular weight is 563 g/mol. The highest BCUT2D eigenvalue weighted by Crippen LogP contribution is 2.41. The molecule has 1 unspecified atom stereocenters. The Morgan fingerprint density at radius 3 is 2.86 bits per heavy atom. The van der Waals surface area contributed by atoms with E-state index < -0.39 is 44.2 Å². The van der Waals surface area contributed by atoms with Crippen molar-refractivity contribution >= 4 is 43.9 Å². The molecule has 3 heterocycles. The van der Waals surface area contributed by atoms with Crippen molar-refractivity contribution in [3.63, 3.8) is 0 Å². The lowest BCUT2D eigenvalue weighted by Gasteiger charge is -2.27. The number of unbranched alkanes of at least 4 members (excludes halogenated alkanes) is 1. The second-order valence-corrected chi connectivity index (χ2v) is 10.4. The molecule has 14 nitrogen and oxygen atoms in total. The normalized spacial score (nSPS) is 25.3. The van der Waals surface area contributed by atoms with E-state index >= 15 is 0 Å². The zero-order valence-electron chi connectivity index (χ0n) is 21.0. The lowest BCUT2D eigenvalue weighted by Crippen LogP contribution is -2.44. The van der Waals surface area contributed by atoms with Crippen LogP contribution in [0.3, 0.4) is 0 Å². The van der Waals surface area contributed by atoms with Gasteiger partial charge in [0.05, 0.1) is 26.7 Å². The van der Waals surface area contributed by atoms with Crippen molar-refractivity contribution in [2.75, 3.05) is 31.8 Å². The number of carbonyl (C=O) groups is 1. The first-order valence-corrected chi connectivity index (χ1v) is 13.9. The van der Waals surface area contributed by atoms with Gasteiger partial charge >= 0.3 is 5.97 Å². The van der Waals surface area contributed by atoms with E-state index in [-0.39, 0.29) is 36.2 Å². The van der Waals surface area contributed by atoms with Gasteiger partial charge in [0, 0.05) is 0 Å². The van der Waals surface area contributed by atoms with Crippen LogP contribution in [0.2, 0.25) is 0 Å². The summed E-state index contributed by atoms with van der Waals surface area (Å²) in [7, 11) is -1.52. The Kier molecular flexibility index (Phi) is 10.5. The molecule has 0 spiro atoms. The molecule has 0 aromatic carbocycles. The van der Waals surface area contributed by atoms with Crippen molar-refractivity contribution in [2.45, 2.75) is 69.6 Å². The first kappa shape index (κ1) is 29.6. The third-order valence-electron chi connectivity index (χ3n) is 5.96.